The van der Waals surface area contributed by atoms with Crippen LogP contribution in [0.4, 0.5) is 13.2 Å². The van der Waals surface area contributed by atoms with Crippen LogP contribution in [0, 0.1) is 0 Å². The molecule has 1 aromatic heterocycles. The predicted octanol–water partition coefficient (Wildman–Crippen LogP) is 2.19. The molecule has 4 nitrogen and oxygen atoms in total. The molecule has 0 aliphatic carbocycles. The maximum Gasteiger partial charge on any atom is 0.433 e. The smallest absolute Gasteiger partial charge is 0.377 e. The Morgan fingerprint density at radius 1 is 1.35 bits per heavy atom. The Kier molecular flexibility index (Phi) is 4.33. The van der Waals surface area contributed by atoms with Crippen LogP contribution >= 0.6 is 0 Å². The highest BCUT2D eigenvalue weighted by atomic mass is 32.2. The molecule has 8 heteroatoms. The van der Waals surface area contributed by atoms with Crippen molar-refractivity contribution in [2.24, 2.45) is 0 Å². The van der Waals surface area contributed by atoms with Crippen LogP contribution in [0.25, 0.3) is 0 Å². The molecule has 0 N–H and O–H groups in total. The van der Waals surface area contributed by atoms with Crippen LogP contribution < -0.4 is 0 Å². The Bertz CT molecular complexity index is 566. The largest absolute Gasteiger partial charge is 0.433 e. The van der Waals surface area contributed by atoms with E-state index >= 15 is 0 Å². The quantitative estimate of drug-likeness (QED) is 0.855. The van der Waals surface area contributed by atoms with E-state index in [0.717, 1.165) is 18.6 Å². The minimum Gasteiger partial charge on any atom is -0.377 e. The van der Waals surface area contributed by atoms with Crippen LogP contribution in [0.1, 0.15) is 24.2 Å². The Morgan fingerprint density at radius 2 is 2.10 bits per heavy atom. The lowest BCUT2D eigenvalue weighted by Crippen LogP contribution is -2.22. The lowest BCUT2D eigenvalue weighted by molar-refractivity contribution is -0.141. The number of hydrogen-bond acceptors (Lipinski definition) is 4. The van der Waals surface area contributed by atoms with Crippen LogP contribution in [-0.2, 0) is 26.5 Å². The van der Waals surface area contributed by atoms with E-state index in [2.05, 4.69) is 4.98 Å². The number of nitrogens with zero attached hydrogens (tertiary/aromatic N) is 1. The number of ether oxygens (including phenoxy) is 1. The summed E-state index contributed by atoms with van der Waals surface area (Å²) < 4.78 is 66.5. The molecule has 0 bridgehead atoms. The molecule has 1 fully saturated rings. The number of sulfone groups is 1. The van der Waals surface area contributed by atoms with Gasteiger partial charge in [0.2, 0.25) is 0 Å². The number of halogens is 3. The predicted molar refractivity (Wildman–Crippen MR) is 65.7 cm³/mol. The first-order chi connectivity index (χ1) is 9.26. The summed E-state index contributed by atoms with van der Waals surface area (Å²) in [5.74, 6) is -0.679. The molecule has 20 heavy (non-hydrogen) atoms. The summed E-state index contributed by atoms with van der Waals surface area (Å²) in [6.07, 6.45) is -3.46. The summed E-state index contributed by atoms with van der Waals surface area (Å²) in [5, 5.41) is 0. The van der Waals surface area contributed by atoms with Gasteiger partial charge in [0.25, 0.3) is 0 Å². The highest BCUT2D eigenvalue weighted by molar-refractivity contribution is 7.90. The van der Waals surface area contributed by atoms with E-state index in [1.807, 2.05) is 0 Å². The van der Waals surface area contributed by atoms with Gasteiger partial charge in [0.05, 0.1) is 23.3 Å². The van der Waals surface area contributed by atoms with Crippen LogP contribution in [0.3, 0.4) is 0 Å². The Balaban J connectivity index is 2.08. The van der Waals surface area contributed by atoms with Gasteiger partial charge in [0.1, 0.15) is 5.69 Å². The van der Waals surface area contributed by atoms with E-state index in [4.69, 9.17) is 4.74 Å². The third-order valence-electron chi connectivity index (χ3n) is 2.93. The van der Waals surface area contributed by atoms with Crippen molar-refractivity contribution in [2.45, 2.75) is 30.9 Å². The third-order valence-corrected chi connectivity index (χ3v) is 4.54. The molecule has 1 aromatic rings. The van der Waals surface area contributed by atoms with Gasteiger partial charge < -0.3 is 4.74 Å². The molecular formula is C12H14F3NO3S. The molecular weight excluding hydrogens is 295 g/mol. The molecule has 1 saturated heterocycles. The second-order valence-corrected chi connectivity index (χ2v) is 6.81. The normalized spacial score (nSPS) is 20.2. The fraction of sp³-hybridized carbons (Fsp3) is 0.583. The van der Waals surface area contributed by atoms with Gasteiger partial charge in [-0.25, -0.2) is 13.4 Å². The molecule has 1 atom stereocenters. The SMILES string of the molecule is O=S(=O)(Cc1cccc(C(F)(F)F)n1)CC1CCCO1. The van der Waals surface area contributed by atoms with E-state index in [0.29, 0.717) is 13.0 Å². The van der Waals surface area contributed by atoms with Crippen molar-refractivity contribution >= 4 is 9.84 Å². The highest BCUT2D eigenvalue weighted by Crippen LogP contribution is 2.27. The first-order valence-electron chi connectivity index (χ1n) is 6.11. The molecule has 1 unspecified atom stereocenters. The van der Waals surface area contributed by atoms with E-state index in [-0.39, 0.29) is 17.6 Å². The van der Waals surface area contributed by atoms with Crippen molar-refractivity contribution in [1.29, 1.82) is 0 Å². The van der Waals surface area contributed by atoms with Gasteiger partial charge in [-0.1, -0.05) is 6.07 Å². The van der Waals surface area contributed by atoms with Crippen LogP contribution in [0.15, 0.2) is 18.2 Å². The summed E-state index contributed by atoms with van der Waals surface area (Å²) in [6, 6.07) is 3.26. The van der Waals surface area contributed by atoms with Crippen molar-refractivity contribution in [1.82, 2.24) is 4.98 Å². The molecule has 0 radical (unpaired) electrons. The van der Waals surface area contributed by atoms with Crippen molar-refractivity contribution in [3.8, 4) is 0 Å². The third kappa shape index (κ3) is 4.17. The minimum absolute atomic E-state index is 0.0992. The van der Waals surface area contributed by atoms with Crippen LogP contribution in [0.2, 0.25) is 0 Å². The average molecular weight is 309 g/mol. The van der Waals surface area contributed by atoms with E-state index in [9.17, 15) is 21.6 Å². The number of alkyl halides is 3. The van der Waals surface area contributed by atoms with Crippen LogP contribution in [-0.4, -0.2) is 31.9 Å². The molecule has 1 aliphatic heterocycles. The first-order valence-corrected chi connectivity index (χ1v) is 7.93. The molecule has 0 amide bonds. The zero-order valence-electron chi connectivity index (χ0n) is 10.6. The van der Waals surface area contributed by atoms with E-state index in [1.165, 1.54) is 6.07 Å². The minimum atomic E-state index is -4.58. The summed E-state index contributed by atoms with van der Waals surface area (Å²) >= 11 is 0. The lowest BCUT2D eigenvalue weighted by atomic mass is 10.3. The van der Waals surface area contributed by atoms with Gasteiger partial charge in [0, 0.05) is 6.61 Å². The molecule has 0 saturated carbocycles. The fourth-order valence-corrected chi connectivity index (χ4v) is 3.62. The Hall–Kier alpha value is -1.15. The number of aromatic nitrogens is 1. The molecule has 2 heterocycles. The van der Waals surface area contributed by atoms with Gasteiger partial charge in [-0.3, -0.25) is 0 Å². The van der Waals surface area contributed by atoms with Gasteiger partial charge in [-0.15, -0.1) is 0 Å². The lowest BCUT2D eigenvalue weighted by Gasteiger charge is -2.11. The zero-order valence-corrected chi connectivity index (χ0v) is 11.4. The topological polar surface area (TPSA) is 56.3 Å². The van der Waals surface area contributed by atoms with Crippen molar-refractivity contribution < 1.29 is 26.3 Å². The Morgan fingerprint density at radius 3 is 2.70 bits per heavy atom. The van der Waals surface area contributed by atoms with E-state index < -0.39 is 27.5 Å². The molecule has 2 rings (SSSR count). The van der Waals surface area contributed by atoms with Crippen molar-refractivity contribution in [3.05, 3.63) is 29.6 Å². The average Bonchev–Trinajstić information content (AvgIpc) is 2.79. The summed E-state index contributed by atoms with van der Waals surface area (Å²) in [5.41, 5.74) is -1.18. The fourth-order valence-electron chi connectivity index (χ4n) is 2.06. The Labute approximate surface area is 114 Å². The summed E-state index contributed by atoms with van der Waals surface area (Å²) in [4.78, 5) is 3.36. The molecule has 0 aromatic carbocycles. The van der Waals surface area contributed by atoms with Crippen molar-refractivity contribution in [3.63, 3.8) is 0 Å². The maximum absolute atomic E-state index is 12.5. The van der Waals surface area contributed by atoms with Gasteiger partial charge in [0.15, 0.2) is 9.84 Å². The second-order valence-electron chi connectivity index (χ2n) is 4.70. The summed E-state index contributed by atoms with van der Waals surface area (Å²) in [7, 11) is -3.54. The standard InChI is InChI=1S/C12H14F3NO3S/c13-12(14,15)11-5-1-3-9(16-11)7-20(17,18)8-10-4-2-6-19-10/h1,3,5,10H,2,4,6-8H2. The molecule has 112 valence electrons. The zero-order chi connectivity index (χ0) is 14.8. The molecule has 0 spiro atoms. The molecule has 1 aliphatic rings. The number of pyridine rings is 1. The maximum atomic E-state index is 12.5. The van der Waals surface area contributed by atoms with Gasteiger partial charge in [-0.2, -0.15) is 13.2 Å². The number of hydrogen-bond donors (Lipinski definition) is 0. The van der Waals surface area contributed by atoms with E-state index in [1.54, 1.807) is 0 Å². The van der Waals surface area contributed by atoms with Crippen LogP contribution in [0.5, 0.6) is 0 Å². The highest BCUT2D eigenvalue weighted by Gasteiger charge is 2.33. The summed E-state index contributed by atoms with van der Waals surface area (Å²) in [6.45, 7) is 0.530. The van der Waals surface area contributed by atoms with Gasteiger partial charge in [-0.05, 0) is 25.0 Å². The first kappa shape index (κ1) is 15.2. The van der Waals surface area contributed by atoms with Crippen molar-refractivity contribution in [2.75, 3.05) is 12.4 Å². The second kappa shape index (κ2) is 5.69. The number of rotatable bonds is 4. The van der Waals surface area contributed by atoms with Gasteiger partial charge >= 0.3 is 6.18 Å². The monoisotopic (exact) mass is 309 g/mol.